The van der Waals surface area contributed by atoms with Gasteiger partial charge >= 0.3 is 0 Å². The first-order valence-electron chi connectivity index (χ1n) is 13.5. The first-order chi connectivity index (χ1) is 16.9. The Morgan fingerprint density at radius 3 is 2.80 bits per heavy atom. The second kappa shape index (κ2) is 9.14. The number of aryl methyl sites for hydroxylation is 1. The zero-order chi connectivity index (χ0) is 24.3. The minimum atomic E-state index is -0.510. The fraction of sp³-hybridized carbons (Fsp3) is 0.667. The van der Waals surface area contributed by atoms with Crippen LogP contribution >= 0.6 is 0 Å². The van der Waals surface area contributed by atoms with Crippen LogP contribution in [0.4, 0.5) is 4.39 Å². The summed E-state index contributed by atoms with van der Waals surface area (Å²) < 4.78 is 14.2. The van der Waals surface area contributed by atoms with Crippen LogP contribution < -0.4 is 10.9 Å². The predicted octanol–water partition coefficient (Wildman–Crippen LogP) is 3.37. The molecule has 2 aromatic rings. The van der Waals surface area contributed by atoms with Gasteiger partial charge in [-0.3, -0.25) is 15.2 Å². The number of nitrogens with zero attached hydrogens (tertiary/aromatic N) is 3. The number of hydrogen-bond acceptors (Lipinski definition) is 6. The van der Waals surface area contributed by atoms with Gasteiger partial charge in [-0.1, -0.05) is 6.92 Å². The molecule has 3 aliphatic heterocycles. The Balaban J connectivity index is 1.12. The Kier molecular flexibility index (Phi) is 6.11. The lowest BCUT2D eigenvalue weighted by atomic mass is 9.73. The third-order valence-corrected chi connectivity index (χ3v) is 9.10. The molecule has 4 heterocycles. The van der Waals surface area contributed by atoms with Crippen LogP contribution in [0.3, 0.4) is 0 Å². The number of rotatable bonds is 5. The Morgan fingerprint density at radius 2 is 2.03 bits per heavy atom. The van der Waals surface area contributed by atoms with Crippen molar-refractivity contribution < 1.29 is 9.50 Å². The molecule has 0 bridgehead atoms. The number of hydrazine groups is 1. The number of fused-ring (bicyclic) bond motifs is 2. The van der Waals surface area contributed by atoms with Crippen molar-refractivity contribution in [3.05, 3.63) is 46.3 Å². The lowest BCUT2D eigenvalue weighted by Crippen LogP contribution is -2.61. The maximum Gasteiger partial charge on any atom is 0.165 e. The molecule has 0 spiro atoms. The summed E-state index contributed by atoms with van der Waals surface area (Å²) in [7, 11) is 0. The Morgan fingerprint density at radius 1 is 1.20 bits per heavy atom. The molecule has 1 saturated carbocycles. The average Bonchev–Trinajstić information content (AvgIpc) is 3.42. The summed E-state index contributed by atoms with van der Waals surface area (Å²) >= 11 is 0. The SMILES string of the molecule is CCc1cc(O)c(F)cc1C1CCC2C(C1)NNC2c1nc2c([nH]1)CN(C1CN(C(C)C)C1)CC2. The van der Waals surface area contributed by atoms with Gasteiger partial charge in [-0.15, -0.1) is 0 Å². The molecule has 1 aromatic carbocycles. The zero-order valence-electron chi connectivity index (χ0n) is 21.1. The van der Waals surface area contributed by atoms with E-state index in [1.807, 2.05) is 0 Å². The maximum absolute atomic E-state index is 14.2. The highest BCUT2D eigenvalue weighted by Gasteiger charge is 2.43. The monoisotopic (exact) mass is 482 g/mol. The van der Waals surface area contributed by atoms with E-state index in [1.165, 1.54) is 24.5 Å². The van der Waals surface area contributed by atoms with Gasteiger partial charge in [-0.2, -0.15) is 0 Å². The van der Waals surface area contributed by atoms with Crippen LogP contribution in [0.2, 0.25) is 0 Å². The van der Waals surface area contributed by atoms with Crippen molar-refractivity contribution >= 4 is 0 Å². The van der Waals surface area contributed by atoms with Crippen molar-refractivity contribution in [2.24, 2.45) is 5.92 Å². The number of likely N-dealkylation sites (tertiary alicyclic amines) is 1. The summed E-state index contributed by atoms with van der Waals surface area (Å²) in [6.07, 6.45) is 4.88. The Hall–Kier alpha value is -2.00. The van der Waals surface area contributed by atoms with Crippen LogP contribution in [0.15, 0.2) is 12.1 Å². The van der Waals surface area contributed by atoms with E-state index in [-0.39, 0.29) is 11.8 Å². The van der Waals surface area contributed by atoms with Gasteiger partial charge in [0.1, 0.15) is 5.82 Å². The van der Waals surface area contributed by atoms with E-state index in [1.54, 1.807) is 12.1 Å². The number of aromatic amines is 1. The van der Waals surface area contributed by atoms with Crippen LogP contribution in [-0.2, 0) is 19.4 Å². The summed E-state index contributed by atoms with van der Waals surface area (Å²) in [6.45, 7) is 11.1. The fourth-order valence-corrected chi connectivity index (χ4v) is 6.86. The number of hydrogen-bond donors (Lipinski definition) is 4. The summed E-state index contributed by atoms with van der Waals surface area (Å²) in [6, 6.07) is 4.99. The van der Waals surface area contributed by atoms with Gasteiger partial charge in [-0.25, -0.2) is 14.8 Å². The first kappa shape index (κ1) is 23.4. The van der Waals surface area contributed by atoms with Crippen LogP contribution in [0.1, 0.15) is 80.3 Å². The van der Waals surface area contributed by atoms with Crippen molar-refractivity contribution in [2.45, 2.75) is 89.5 Å². The van der Waals surface area contributed by atoms with Gasteiger partial charge in [0.15, 0.2) is 11.6 Å². The molecule has 6 rings (SSSR count). The van der Waals surface area contributed by atoms with E-state index in [0.29, 0.717) is 30.0 Å². The average molecular weight is 483 g/mol. The number of H-pyrrole nitrogens is 1. The molecule has 0 radical (unpaired) electrons. The third kappa shape index (κ3) is 4.18. The van der Waals surface area contributed by atoms with Crippen molar-refractivity contribution in [3.8, 4) is 5.75 Å². The Bertz CT molecular complexity index is 1080. The molecule has 4 atom stereocenters. The highest BCUT2D eigenvalue weighted by atomic mass is 19.1. The topological polar surface area (TPSA) is 79.4 Å². The smallest absolute Gasteiger partial charge is 0.165 e. The van der Waals surface area contributed by atoms with Crippen LogP contribution in [0.5, 0.6) is 5.75 Å². The van der Waals surface area contributed by atoms with Crippen LogP contribution in [-0.4, -0.2) is 62.6 Å². The van der Waals surface area contributed by atoms with Crippen LogP contribution in [0.25, 0.3) is 0 Å². The second-order valence-corrected chi connectivity index (χ2v) is 11.4. The van der Waals surface area contributed by atoms with Crippen molar-refractivity contribution in [1.82, 2.24) is 30.6 Å². The highest BCUT2D eigenvalue weighted by molar-refractivity contribution is 5.39. The molecule has 2 saturated heterocycles. The number of aromatic nitrogens is 2. The van der Waals surface area contributed by atoms with Crippen molar-refractivity contribution in [2.75, 3.05) is 19.6 Å². The number of halogens is 1. The number of phenols is 1. The lowest BCUT2D eigenvalue weighted by molar-refractivity contribution is 0.00640. The summed E-state index contributed by atoms with van der Waals surface area (Å²) in [5.74, 6) is 1.09. The third-order valence-electron chi connectivity index (χ3n) is 9.10. The summed E-state index contributed by atoms with van der Waals surface area (Å²) in [4.78, 5) is 13.9. The number of phenolic OH excluding ortho intramolecular Hbond substituents is 1. The molecule has 8 heteroatoms. The van der Waals surface area contributed by atoms with E-state index in [4.69, 9.17) is 4.98 Å². The van der Waals surface area contributed by atoms with Crippen LogP contribution in [0, 0.1) is 11.7 Å². The fourth-order valence-electron chi connectivity index (χ4n) is 6.86. The minimum absolute atomic E-state index is 0.183. The molecule has 4 aliphatic rings. The van der Waals surface area contributed by atoms with E-state index in [9.17, 15) is 9.50 Å². The second-order valence-electron chi connectivity index (χ2n) is 11.4. The van der Waals surface area contributed by atoms with Gasteiger partial charge in [0.2, 0.25) is 0 Å². The number of imidazole rings is 1. The van der Waals surface area contributed by atoms with Crippen molar-refractivity contribution in [1.29, 1.82) is 0 Å². The minimum Gasteiger partial charge on any atom is -0.505 e. The molecule has 7 nitrogen and oxygen atoms in total. The molecule has 1 aliphatic carbocycles. The van der Waals surface area contributed by atoms with Crippen molar-refractivity contribution in [3.63, 3.8) is 0 Å². The molecular weight excluding hydrogens is 443 g/mol. The molecule has 0 amide bonds. The van der Waals surface area contributed by atoms with Gasteiger partial charge in [0.05, 0.1) is 17.4 Å². The molecule has 4 unspecified atom stereocenters. The maximum atomic E-state index is 14.2. The largest absolute Gasteiger partial charge is 0.505 e. The molecule has 3 fully saturated rings. The highest BCUT2D eigenvalue weighted by Crippen LogP contribution is 2.44. The number of benzene rings is 1. The van der Waals surface area contributed by atoms with Gasteiger partial charge < -0.3 is 10.1 Å². The molecular formula is C27H39FN6O. The summed E-state index contributed by atoms with van der Waals surface area (Å²) in [5, 5.41) is 9.82. The van der Waals surface area contributed by atoms with Gasteiger partial charge in [0.25, 0.3) is 0 Å². The molecule has 190 valence electrons. The standard InChI is InChI=1S/C27H39FN6O/c1-4-16-10-25(35)21(28)11-20(16)17-5-6-19-23(9-17)31-32-26(19)27-29-22-7-8-33(14-24(22)30-27)18-12-34(13-18)15(2)3/h10-11,15,17-19,23,26,31-32,35H,4-9,12-14H2,1-3H3,(H,29,30). The molecule has 1 aromatic heterocycles. The van der Waals surface area contributed by atoms with Gasteiger partial charge in [-0.05, 0) is 74.6 Å². The van der Waals surface area contributed by atoms with E-state index in [0.717, 1.165) is 62.1 Å². The summed E-state index contributed by atoms with van der Waals surface area (Å²) in [5.41, 5.74) is 11.7. The zero-order valence-corrected chi connectivity index (χ0v) is 21.1. The normalized spacial score (nSPS) is 29.9. The number of nitrogens with one attached hydrogen (secondary N) is 3. The number of aromatic hydroxyl groups is 1. The molecule has 35 heavy (non-hydrogen) atoms. The van der Waals surface area contributed by atoms with E-state index >= 15 is 0 Å². The first-order valence-corrected chi connectivity index (χ1v) is 13.5. The van der Waals surface area contributed by atoms with Gasteiger partial charge in [0, 0.05) is 50.7 Å². The lowest BCUT2D eigenvalue weighted by Gasteiger charge is -2.48. The quantitative estimate of drug-likeness (QED) is 0.523. The molecule has 4 N–H and O–H groups in total. The van der Waals surface area contributed by atoms with E-state index < -0.39 is 5.82 Å². The predicted molar refractivity (Wildman–Crippen MR) is 134 cm³/mol. The van der Waals surface area contributed by atoms with E-state index in [2.05, 4.69) is 46.4 Å². The Labute approximate surface area is 207 Å².